The van der Waals surface area contributed by atoms with Crippen molar-refractivity contribution < 1.29 is 17.2 Å². The molecule has 0 atom stereocenters. The number of hydrogen-bond acceptors (Lipinski definition) is 3. The van der Waals surface area contributed by atoms with Gasteiger partial charge in [0.15, 0.2) is 11.6 Å². The summed E-state index contributed by atoms with van der Waals surface area (Å²) in [5.74, 6) is -1.76. The number of hydrogen-bond donors (Lipinski definition) is 2. The van der Waals surface area contributed by atoms with Gasteiger partial charge < -0.3 is 5.32 Å². The minimum absolute atomic E-state index is 0.127. The van der Waals surface area contributed by atoms with E-state index in [0.717, 1.165) is 12.3 Å². The van der Waals surface area contributed by atoms with Gasteiger partial charge in [-0.1, -0.05) is 12.1 Å². The molecule has 0 bridgehead atoms. The highest BCUT2D eigenvalue weighted by Gasteiger charge is 2.07. The molecular formula is C14H14F2N2O2S. The van der Waals surface area contributed by atoms with Gasteiger partial charge in [-0.2, -0.15) is 0 Å². The second-order valence-corrected chi connectivity index (χ2v) is 6.27. The molecule has 0 spiro atoms. The van der Waals surface area contributed by atoms with Gasteiger partial charge in [-0.3, -0.25) is 4.72 Å². The number of anilines is 2. The van der Waals surface area contributed by atoms with Gasteiger partial charge in [0.25, 0.3) is 0 Å². The molecule has 21 heavy (non-hydrogen) atoms. The van der Waals surface area contributed by atoms with Crippen LogP contribution in [0.2, 0.25) is 0 Å². The molecule has 0 saturated carbocycles. The molecule has 2 aromatic carbocycles. The van der Waals surface area contributed by atoms with Crippen molar-refractivity contribution in [3.63, 3.8) is 0 Å². The van der Waals surface area contributed by atoms with Crippen molar-refractivity contribution in [2.75, 3.05) is 16.3 Å². The number of nitrogens with one attached hydrogen (secondary N) is 2. The predicted molar refractivity (Wildman–Crippen MR) is 78.6 cm³/mol. The molecule has 0 aliphatic rings. The van der Waals surface area contributed by atoms with Crippen molar-refractivity contribution in [1.29, 1.82) is 0 Å². The Labute approximate surface area is 121 Å². The van der Waals surface area contributed by atoms with E-state index in [1.165, 1.54) is 12.1 Å². The molecule has 2 rings (SSSR count). The van der Waals surface area contributed by atoms with Crippen molar-refractivity contribution in [3.05, 3.63) is 59.7 Å². The molecule has 2 aromatic rings. The molecule has 0 unspecified atom stereocenters. The van der Waals surface area contributed by atoms with Gasteiger partial charge in [0.2, 0.25) is 10.0 Å². The third kappa shape index (κ3) is 4.42. The summed E-state index contributed by atoms with van der Waals surface area (Å²) in [6.07, 6.45) is 1.06. The van der Waals surface area contributed by atoms with Crippen LogP contribution >= 0.6 is 0 Å². The molecule has 0 aliphatic heterocycles. The van der Waals surface area contributed by atoms with Crippen LogP contribution in [0, 0.1) is 11.6 Å². The van der Waals surface area contributed by atoms with Crippen LogP contribution in [-0.2, 0) is 16.6 Å². The van der Waals surface area contributed by atoms with Crippen molar-refractivity contribution in [1.82, 2.24) is 0 Å². The number of benzene rings is 2. The molecule has 2 N–H and O–H groups in total. The van der Waals surface area contributed by atoms with Crippen molar-refractivity contribution in [2.45, 2.75) is 6.54 Å². The Bertz CT molecular complexity index is 731. The Balaban J connectivity index is 2.02. The van der Waals surface area contributed by atoms with Gasteiger partial charge in [-0.15, -0.1) is 0 Å². The lowest BCUT2D eigenvalue weighted by Crippen LogP contribution is -2.09. The van der Waals surface area contributed by atoms with Crippen LogP contribution in [0.25, 0.3) is 0 Å². The zero-order valence-corrected chi connectivity index (χ0v) is 12.0. The summed E-state index contributed by atoms with van der Waals surface area (Å²) in [5, 5.41) is 2.94. The first-order chi connectivity index (χ1) is 9.85. The second-order valence-electron chi connectivity index (χ2n) is 4.52. The monoisotopic (exact) mass is 312 g/mol. The van der Waals surface area contributed by atoms with Gasteiger partial charge in [-0.05, 0) is 30.3 Å². The van der Waals surface area contributed by atoms with Crippen LogP contribution in [0.15, 0.2) is 42.5 Å². The maximum Gasteiger partial charge on any atom is 0.229 e. The summed E-state index contributed by atoms with van der Waals surface area (Å²) in [7, 11) is -3.32. The van der Waals surface area contributed by atoms with Gasteiger partial charge in [-0.25, -0.2) is 17.2 Å². The van der Waals surface area contributed by atoms with E-state index in [4.69, 9.17) is 0 Å². The van der Waals surface area contributed by atoms with Crippen molar-refractivity contribution >= 4 is 21.4 Å². The highest BCUT2D eigenvalue weighted by molar-refractivity contribution is 7.92. The molecule has 4 nitrogen and oxygen atoms in total. The van der Waals surface area contributed by atoms with Crippen LogP contribution in [-0.4, -0.2) is 14.7 Å². The third-order valence-electron chi connectivity index (χ3n) is 2.70. The Kier molecular flexibility index (Phi) is 4.42. The second kappa shape index (κ2) is 6.09. The predicted octanol–water partition coefficient (Wildman–Crippen LogP) is 2.95. The van der Waals surface area contributed by atoms with E-state index in [9.17, 15) is 17.2 Å². The van der Waals surface area contributed by atoms with Gasteiger partial charge >= 0.3 is 0 Å². The highest BCUT2D eigenvalue weighted by Crippen LogP contribution is 2.17. The number of rotatable bonds is 5. The molecule has 7 heteroatoms. The van der Waals surface area contributed by atoms with Crippen LogP contribution in [0.4, 0.5) is 20.2 Å². The first kappa shape index (κ1) is 15.2. The fourth-order valence-corrected chi connectivity index (χ4v) is 2.32. The smallest absolute Gasteiger partial charge is 0.229 e. The first-order valence-corrected chi connectivity index (χ1v) is 7.99. The summed E-state index contributed by atoms with van der Waals surface area (Å²) < 4.78 is 51.0. The molecular weight excluding hydrogens is 298 g/mol. The standard InChI is InChI=1S/C14H14F2N2O2S/c1-21(19,20)18-12-7-5-11(6-8-12)17-9-10-3-2-4-13(15)14(10)16/h2-8,17-18H,9H2,1H3. The lowest BCUT2D eigenvalue weighted by atomic mass is 10.2. The zero-order chi connectivity index (χ0) is 15.5. The zero-order valence-electron chi connectivity index (χ0n) is 11.2. The Morgan fingerprint density at radius 2 is 1.62 bits per heavy atom. The maximum absolute atomic E-state index is 13.5. The lowest BCUT2D eigenvalue weighted by molar-refractivity contribution is 0.500. The molecule has 0 radical (unpaired) electrons. The number of halogens is 2. The third-order valence-corrected chi connectivity index (χ3v) is 3.31. The quantitative estimate of drug-likeness (QED) is 0.892. The average molecular weight is 312 g/mol. The summed E-state index contributed by atoms with van der Waals surface area (Å²) >= 11 is 0. The fraction of sp³-hybridized carbons (Fsp3) is 0.143. The van der Waals surface area contributed by atoms with E-state index in [-0.39, 0.29) is 12.1 Å². The highest BCUT2D eigenvalue weighted by atomic mass is 32.2. The maximum atomic E-state index is 13.5. The molecule has 112 valence electrons. The van der Waals surface area contributed by atoms with Gasteiger partial charge in [0.1, 0.15) is 0 Å². The Morgan fingerprint density at radius 1 is 1.00 bits per heavy atom. The van der Waals surface area contributed by atoms with E-state index in [0.29, 0.717) is 11.4 Å². The SMILES string of the molecule is CS(=O)(=O)Nc1ccc(NCc2cccc(F)c2F)cc1. The van der Waals surface area contributed by atoms with E-state index < -0.39 is 21.7 Å². The molecule has 0 heterocycles. The molecule has 0 fully saturated rings. The van der Waals surface area contributed by atoms with E-state index >= 15 is 0 Å². The minimum Gasteiger partial charge on any atom is -0.381 e. The first-order valence-electron chi connectivity index (χ1n) is 6.10. The summed E-state index contributed by atoms with van der Waals surface area (Å²) in [6, 6.07) is 10.4. The molecule has 0 aromatic heterocycles. The number of sulfonamides is 1. The normalized spacial score (nSPS) is 11.2. The van der Waals surface area contributed by atoms with Gasteiger partial charge in [0.05, 0.1) is 6.26 Å². The lowest BCUT2D eigenvalue weighted by Gasteiger charge is -2.09. The summed E-state index contributed by atoms with van der Waals surface area (Å²) in [5.41, 5.74) is 1.31. The Morgan fingerprint density at radius 3 is 2.24 bits per heavy atom. The molecule has 0 aliphatic carbocycles. The van der Waals surface area contributed by atoms with E-state index in [1.807, 2.05) is 0 Å². The van der Waals surface area contributed by atoms with E-state index in [2.05, 4.69) is 10.0 Å². The van der Waals surface area contributed by atoms with Crippen LogP contribution in [0.3, 0.4) is 0 Å². The fourth-order valence-electron chi connectivity index (χ4n) is 1.75. The van der Waals surface area contributed by atoms with Crippen LogP contribution in [0.1, 0.15) is 5.56 Å². The summed E-state index contributed by atoms with van der Waals surface area (Å²) in [6.45, 7) is 0.127. The molecule has 0 saturated heterocycles. The summed E-state index contributed by atoms with van der Waals surface area (Å²) in [4.78, 5) is 0. The Hall–Kier alpha value is -2.15. The van der Waals surface area contributed by atoms with Crippen molar-refractivity contribution in [3.8, 4) is 0 Å². The van der Waals surface area contributed by atoms with Crippen LogP contribution in [0.5, 0.6) is 0 Å². The van der Waals surface area contributed by atoms with Crippen molar-refractivity contribution in [2.24, 2.45) is 0 Å². The topological polar surface area (TPSA) is 58.2 Å². The average Bonchev–Trinajstić information content (AvgIpc) is 2.40. The minimum atomic E-state index is -3.32. The van der Waals surface area contributed by atoms with E-state index in [1.54, 1.807) is 24.3 Å². The van der Waals surface area contributed by atoms with Crippen LogP contribution < -0.4 is 10.0 Å². The largest absolute Gasteiger partial charge is 0.381 e. The van der Waals surface area contributed by atoms with Gasteiger partial charge in [0, 0.05) is 23.5 Å². The molecule has 0 amide bonds.